The van der Waals surface area contributed by atoms with E-state index in [9.17, 15) is 27.6 Å². The van der Waals surface area contributed by atoms with Crippen molar-refractivity contribution in [3.8, 4) is 0 Å². The van der Waals surface area contributed by atoms with Crippen LogP contribution in [0, 0.1) is 6.92 Å². The Morgan fingerprint density at radius 3 is 2.38 bits per heavy atom. The van der Waals surface area contributed by atoms with Gasteiger partial charge < -0.3 is 10.6 Å². The Bertz CT molecular complexity index is 1550. The average Bonchev–Trinajstić information content (AvgIpc) is 3.19. The first kappa shape index (κ1) is 26.2. The number of hydrogen-bond donors (Lipinski definition) is 3. The number of hydrogen-bond acceptors (Lipinski definition) is 3. The first-order valence-electron chi connectivity index (χ1n) is 10.6. The van der Waals surface area contributed by atoms with Crippen molar-refractivity contribution in [2.45, 2.75) is 13.1 Å². The molecule has 37 heavy (non-hydrogen) atoms. The number of rotatable bonds is 4. The average molecular weight is 594 g/mol. The number of carbonyl (C=O) groups excluding carboxylic acids is 3. The number of halogens is 5. The number of anilines is 2. The van der Waals surface area contributed by atoms with Gasteiger partial charge in [0.05, 0.1) is 11.1 Å². The summed E-state index contributed by atoms with van der Waals surface area (Å²) in [5.74, 6) is -3.03. The van der Waals surface area contributed by atoms with Crippen molar-refractivity contribution in [2.75, 3.05) is 16.1 Å². The monoisotopic (exact) mass is 592 g/mol. The fraction of sp³-hybridized carbons (Fsp3) is 0.0800. The minimum Gasteiger partial charge on any atom is -0.320 e. The summed E-state index contributed by atoms with van der Waals surface area (Å²) in [6.07, 6.45) is -4.62. The highest BCUT2D eigenvalue weighted by atomic mass is 79.9. The third-order valence-electron chi connectivity index (χ3n) is 5.38. The molecule has 4 rings (SSSR count). The van der Waals surface area contributed by atoms with Crippen molar-refractivity contribution in [1.82, 2.24) is 4.68 Å². The normalized spacial score (nSPS) is 11.3. The van der Waals surface area contributed by atoms with Crippen LogP contribution in [0.4, 0.5) is 24.5 Å². The fourth-order valence-corrected chi connectivity index (χ4v) is 4.07. The number of carbonyl (C=O) groups is 3. The van der Waals surface area contributed by atoms with Crippen molar-refractivity contribution in [2.24, 2.45) is 0 Å². The van der Waals surface area contributed by atoms with Gasteiger partial charge >= 0.3 is 18.0 Å². The van der Waals surface area contributed by atoms with Gasteiger partial charge in [0.25, 0.3) is 5.91 Å². The van der Waals surface area contributed by atoms with Crippen molar-refractivity contribution in [3.05, 3.63) is 93.0 Å². The van der Waals surface area contributed by atoms with Crippen LogP contribution in [0.2, 0.25) is 5.02 Å². The third kappa shape index (κ3) is 5.78. The number of fused-ring (bicyclic) bond motifs is 1. The molecular formula is C25H17BrClF3N4O3. The van der Waals surface area contributed by atoms with E-state index < -0.39 is 29.5 Å². The molecule has 0 saturated heterocycles. The molecule has 0 radical (unpaired) electrons. The zero-order chi connectivity index (χ0) is 26.9. The van der Waals surface area contributed by atoms with Gasteiger partial charge in [-0.2, -0.15) is 13.2 Å². The number of nitrogens with one attached hydrogen (secondary N) is 3. The Balaban J connectivity index is 1.62. The molecule has 7 nitrogen and oxygen atoms in total. The first-order valence-corrected chi connectivity index (χ1v) is 11.8. The summed E-state index contributed by atoms with van der Waals surface area (Å²) in [4.78, 5) is 38.4. The summed E-state index contributed by atoms with van der Waals surface area (Å²) >= 11 is 9.48. The van der Waals surface area contributed by atoms with Crippen molar-refractivity contribution >= 4 is 67.5 Å². The van der Waals surface area contributed by atoms with Crippen LogP contribution < -0.4 is 16.1 Å². The van der Waals surface area contributed by atoms with Gasteiger partial charge in [0.1, 0.15) is 5.69 Å². The summed E-state index contributed by atoms with van der Waals surface area (Å²) in [6, 6.07) is 15.4. The van der Waals surface area contributed by atoms with E-state index in [0.717, 1.165) is 16.8 Å². The van der Waals surface area contributed by atoms with E-state index in [1.54, 1.807) is 43.3 Å². The molecule has 1 aromatic heterocycles. The number of alkyl halides is 3. The molecule has 12 heteroatoms. The molecular weight excluding hydrogens is 577 g/mol. The lowest BCUT2D eigenvalue weighted by atomic mass is 10.2. The van der Waals surface area contributed by atoms with Gasteiger partial charge in [-0.05, 0) is 67.1 Å². The molecule has 0 fully saturated rings. The molecule has 4 aromatic rings. The minimum absolute atomic E-state index is 0.00676. The smallest absolute Gasteiger partial charge is 0.320 e. The van der Waals surface area contributed by atoms with Gasteiger partial charge in [-0.25, -0.2) is 4.68 Å². The molecule has 0 spiro atoms. The fourth-order valence-electron chi connectivity index (χ4n) is 3.52. The molecule has 3 N–H and O–H groups in total. The predicted molar refractivity (Wildman–Crippen MR) is 138 cm³/mol. The highest BCUT2D eigenvalue weighted by Gasteiger charge is 2.30. The maximum atomic E-state index is 13.2. The third-order valence-corrected chi connectivity index (χ3v) is 6.28. The van der Waals surface area contributed by atoms with Crippen LogP contribution in [-0.4, -0.2) is 22.4 Å². The number of nitrogens with zero attached hydrogens (tertiary/aromatic N) is 1. The maximum absolute atomic E-state index is 13.2. The molecule has 0 aliphatic carbocycles. The van der Waals surface area contributed by atoms with Crippen molar-refractivity contribution in [3.63, 3.8) is 0 Å². The Morgan fingerprint density at radius 1 is 0.919 bits per heavy atom. The Morgan fingerprint density at radius 2 is 1.65 bits per heavy atom. The van der Waals surface area contributed by atoms with E-state index >= 15 is 0 Å². The van der Waals surface area contributed by atoms with Gasteiger partial charge in [0.15, 0.2) is 0 Å². The number of benzene rings is 3. The quantitative estimate of drug-likeness (QED) is 0.241. The Labute approximate surface area is 221 Å². The Kier molecular flexibility index (Phi) is 7.28. The van der Waals surface area contributed by atoms with E-state index in [1.807, 2.05) is 0 Å². The standard InChI is InChI=1S/C25H17BrClF3N4O3/c1-13-18(27)6-3-7-19(13)32-22(35)21-11-14-10-16(26)8-9-20(14)34(21)33-24(37)23(36)31-17-5-2-4-15(12-17)25(28,29)30/h2-12H,1H3,(H,31,36)(H,32,35)(H,33,37). The summed E-state index contributed by atoms with van der Waals surface area (Å²) in [6.45, 7) is 1.73. The zero-order valence-electron chi connectivity index (χ0n) is 18.9. The molecule has 190 valence electrons. The van der Waals surface area contributed by atoms with Crippen molar-refractivity contribution < 1.29 is 27.6 Å². The van der Waals surface area contributed by atoms with Gasteiger partial charge in [-0.15, -0.1) is 0 Å². The molecule has 3 amide bonds. The van der Waals surface area contributed by atoms with Crippen LogP contribution in [0.5, 0.6) is 0 Å². The van der Waals surface area contributed by atoms with Crippen LogP contribution in [-0.2, 0) is 15.8 Å². The zero-order valence-corrected chi connectivity index (χ0v) is 21.3. The van der Waals surface area contributed by atoms with E-state index in [4.69, 9.17) is 11.6 Å². The second-order valence-corrected chi connectivity index (χ2v) is 9.23. The topological polar surface area (TPSA) is 92.2 Å². The van der Waals surface area contributed by atoms with E-state index in [0.29, 0.717) is 37.7 Å². The molecule has 0 aliphatic heterocycles. The van der Waals surface area contributed by atoms with E-state index in [-0.39, 0.29) is 11.4 Å². The highest BCUT2D eigenvalue weighted by Crippen LogP contribution is 2.31. The number of aromatic nitrogens is 1. The van der Waals surface area contributed by atoms with Gasteiger partial charge in [0, 0.05) is 26.3 Å². The highest BCUT2D eigenvalue weighted by molar-refractivity contribution is 9.10. The van der Waals surface area contributed by atoms with Crippen LogP contribution in [0.3, 0.4) is 0 Å². The largest absolute Gasteiger partial charge is 0.416 e. The Hall–Kier alpha value is -3.83. The first-order chi connectivity index (χ1) is 17.4. The van der Waals surface area contributed by atoms with Crippen molar-refractivity contribution in [1.29, 1.82) is 0 Å². The van der Waals surface area contributed by atoms with E-state index in [2.05, 4.69) is 32.0 Å². The molecule has 0 unspecified atom stereocenters. The summed E-state index contributed by atoms with van der Waals surface area (Å²) < 4.78 is 40.8. The SMILES string of the molecule is Cc1c(Cl)cccc1NC(=O)c1cc2cc(Br)ccc2n1NC(=O)C(=O)Nc1cccc(C(F)(F)F)c1. The van der Waals surface area contributed by atoms with E-state index in [1.165, 1.54) is 12.1 Å². The molecule has 0 aliphatic rings. The predicted octanol–water partition coefficient (Wildman–Crippen LogP) is 6.35. The van der Waals surface area contributed by atoms with Crippen LogP contribution in [0.15, 0.2) is 71.2 Å². The van der Waals surface area contributed by atoms with Crippen LogP contribution in [0.1, 0.15) is 21.6 Å². The number of amides is 3. The lowest BCUT2D eigenvalue weighted by molar-refractivity contribution is -0.137. The summed E-state index contributed by atoms with van der Waals surface area (Å²) in [5.41, 5.74) is 2.62. The van der Waals surface area contributed by atoms with Gasteiger partial charge in [-0.3, -0.25) is 19.8 Å². The second kappa shape index (κ2) is 10.3. The van der Waals surface area contributed by atoms with Crippen LogP contribution in [0.25, 0.3) is 10.9 Å². The van der Waals surface area contributed by atoms with Crippen LogP contribution >= 0.6 is 27.5 Å². The summed E-state index contributed by atoms with van der Waals surface area (Å²) in [7, 11) is 0. The lowest BCUT2D eigenvalue weighted by Crippen LogP contribution is -2.36. The minimum atomic E-state index is -4.62. The van der Waals surface area contributed by atoms with Gasteiger partial charge in [0.2, 0.25) is 0 Å². The molecule has 1 heterocycles. The second-order valence-electron chi connectivity index (χ2n) is 7.91. The molecule has 0 saturated carbocycles. The van der Waals surface area contributed by atoms with Gasteiger partial charge in [-0.1, -0.05) is 39.7 Å². The molecule has 3 aromatic carbocycles. The lowest BCUT2D eigenvalue weighted by Gasteiger charge is -2.14. The molecule has 0 atom stereocenters. The summed E-state index contributed by atoms with van der Waals surface area (Å²) in [5, 5.41) is 5.89. The maximum Gasteiger partial charge on any atom is 0.416 e. The molecule has 0 bridgehead atoms.